The van der Waals surface area contributed by atoms with Gasteiger partial charge < -0.3 is 4.55 Å². The van der Waals surface area contributed by atoms with Gasteiger partial charge in [0.05, 0.1) is 10.2 Å². The van der Waals surface area contributed by atoms with Crippen molar-refractivity contribution in [3.05, 3.63) is 33.8 Å². The van der Waals surface area contributed by atoms with Crippen LogP contribution in [0.15, 0.2) is 21.0 Å². The maximum atomic E-state index is 13.6. The highest BCUT2D eigenvalue weighted by atomic mass is 79.9. The van der Waals surface area contributed by atoms with Gasteiger partial charge in [-0.05, 0) is 49.7 Å². The maximum absolute atomic E-state index is 13.6. The minimum absolute atomic E-state index is 0.140. The number of halogens is 3. The molecular weight excluding hydrogens is 324 g/mol. The third-order valence-electron chi connectivity index (χ3n) is 2.14. The first-order valence-corrected chi connectivity index (χ1v) is 7.15. The molecule has 1 atom stereocenters. The van der Waals surface area contributed by atoms with Crippen LogP contribution in [0.2, 0.25) is 0 Å². The van der Waals surface area contributed by atoms with Gasteiger partial charge in [-0.25, -0.2) is 8.78 Å². The van der Waals surface area contributed by atoms with Crippen LogP contribution >= 0.6 is 15.9 Å². The van der Waals surface area contributed by atoms with E-state index in [2.05, 4.69) is 20.3 Å². The predicted molar refractivity (Wildman–Crippen MR) is 74.2 cm³/mol. The summed E-state index contributed by atoms with van der Waals surface area (Å²) < 4.78 is 42.1. The first-order chi connectivity index (χ1) is 8.12. The van der Waals surface area contributed by atoms with Crippen LogP contribution < -0.4 is 0 Å². The Bertz CT molecular complexity index is 486. The molecule has 1 rings (SSSR count). The van der Waals surface area contributed by atoms with E-state index in [-0.39, 0.29) is 15.7 Å². The van der Waals surface area contributed by atoms with Crippen LogP contribution in [0.1, 0.15) is 33.3 Å². The summed E-state index contributed by atoms with van der Waals surface area (Å²) in [6.07, 6.45) is 0. The minimum Gasteiger partial charge on any atom is -0.591 e. The number of nitrogens with zero attached hydrogens (tertiary/aromatic N) is 1. The molecule has 0 heterocycles. The van der Waals surface area contributed by atoms with E-state index in [1.54, 1.807) is 27.7 Å². The summed E-state index contributed by atoms with van der Waals surface area (Å²) in [7, 11) is 0. The zero-order chi connectivity index (χ0) is 14.1. The van der Waals surface area contributed by atoms with E-state index >= 15 is 0 Å². The highest BCUT2D eigenvalue weighted by Crippen LogP contribution is 2.23. The Morgan fingerprint density at radius 2 is 1.83 bits per heavy atom. The molecule has 0 fully saturated rings. The zero-order valence-electron chi connectivity index (χ0n) is 10.6. The molecule has 18 heavy (non-hydrogen) atoms. The smallest absolute Gasteiger partial charge is 0.144 e. The van der Waals surface area contributed by atoms with Crippen molar-refractivity contribution in [2.75, 3.05) is 0 Å². The Balaban J connectivity index is 3.15. The number of rotatable bonds is 2. The molecular formula is C12H14BrF2NOS. The van der Waals surface area contributed by atoms with Crippen LogP contribution in [0.3, 0.4) is 0 Å². The molecule has 0 saturated heterocycles. The molecule has 0 aliphatic carbocycles. The number of benzene rings is 1. The molecule has 0 radical (unpaired) electrons. The summed E-state index contributed by atoms with van der Waals surface area (Å²) in [5.74, 6) is -1.40. The highest BCUT2D eigenvalue weighted by molar-refractivity contribution is 9.10. The van der Waals surface area contributed by atoms with Gasteiger partial charge >= 0.3 is 0 Å². The van der Waals surface area contributed by atoms with Gasteiger partial charge in [0.2, 0.25) is 0 Å². The first-order valence-electron chi connectivity index (χ1n) is 5.25. The molecule has 0 aliphatic rings. The van der Waals surface area contributed by atoms with Crippen molar-refractivity contribution in [1.82, 2.24) is 0 Å². The van der Waals surface area contributed by atoms with Gasteiger partial charge in [0.25, 0.3) is 0 Å². The Labute approximate surface area is 117 Å². The van der Waals surface area contributed by atoms with Crippen molar-refractivity contribution in [1.29, 1.82) is 0 Å². The Morgan fingerprint density at radius 3 is 2.33 bits per heavy atom. The summed E-state index contributed by atoms with van der Waals surface area (Å²) in [5, 5.41) is 0. The first kappa shape index (κ1) is 15.6. The van der Waals surface area contributed by atoms with E-state index in [9.17, 15) is 13.3 Å². The second kappa shape index (κ2) is 5.67. The number of hydrogen-bond acceptors (Lipinski definition) is 2. The Morgan fingerprint density at radius 1 is 1.28 bits per heavy atom. The fourth-order valence-electron chi connectivity index (χ4n) is 1.11. The van der Waals surface area contributed by atoms with Crippen LogP contribution in [0, 0.1) is 11.6 Å². The third kappa shape index (κ3) is 3.76. The monoisotopic (exact) mass is 337 g/mol. The standard InChI is InChI=1S/C12H14BrF2NOS/c1-7(16-18(17)12(2,3)4)8-5-9(13)11(15)6-10(8)14/h5-6H,1-4H3/b16-7-/t18-/m1/s1. The summed E-state index contributed by atoms with van der Waals surface area (Å²) in [5.41, 5.74) is 0.419. The molecule has 0 spiro atoms. The normalized spacial score (nSPS) is 14.8. The molecule has 0 unspecified atom stereocenters. The Hall–Kier alpha value is -0.460. The molecule has 1 aromatic rings. The highest BCUT2D eigenvalue weighted by Gasteiger charge is 2.27. The molecule has 0 aromatic heterocycles. The van der Waals surface area contributed by atoms with Crippen molar-refractivity contribution in [3.8, 4) is 0 Å². The van der Waals surface area contributed by atoms with E-state index in [1.165, 1.54) is 6.07 Å². The lowest BCUT2D eigenvalue weighted by Gasteiger charge is -2.18. The van der Waals surface area contributed by atoms with E-state index in [0.29, 0.717) is 0 Å². The summed E-state index contributed by atoms with van der Waals surface area (Å²) >= 11 is 1.51. The van der Waals surface area contributed by atoms with Crippen molar-refractivity contribution in [3.63, 3.8) is 0 Å². The average molecular weight is 338 g/mol. The quantitative estimate of drug-likeness (QED) is 0.456. The minimum atomic E-state index is -1.48. The molecule has 6 heteroatoms. The van der Waals surface area contributed by atoms with Gasteiger partial charge in [-0.2, -0.15) is 0 Å². The van der Waals surface area contributed by atoms with E-state index in [0.717, 1.165) is 6.07 Å². The number of hydrogen-bond donors (Lipinski definition) is 0. The van der Waals surface area contributed by atoms with Crippen molar-refractivity contribution in [2.24, 2.45) is 4.40 Å². The van der Waals surface area contributed by atoms with E-state index in [1.807, 2.05) is 0 Å². The van der Waals surface area contributed by atoms with Crippen molar-refractivity contribution in [2.45, 2.75) is 32.4 Å². The van der Waals surface area contributed by atoms with Gasteiger partial charge in [0.1, 0.15) is 27.7 Å². The summed E-state index contributed by atoms with van der Waals surface area (Å²) in [4.78, 5) is 0. The van der Waals surface area contributed by atoms with Crippen molar-refractivity contribution < 1.29 is 13.3 Å². The molecule has 2 nitrogen and oxygen atoms in total. The lowest BCUT2D eigenvalue weighted by molar-refractivity contribution is 0.561. The average Bonchev–Trinajstić information content (AvgIpc) is 2.21. The topological polar surface area (TPSA) is 35.4 Å². The third-order valence-corrected chi connectivity index (χ3v) is 4.24. The van der Waals surface area contributed by atoms with Crippen LogP contribution in [-0.4, -0.2) is 15.0 Å². The molecule has 0 aliphatic heterocycles. The van der Waals surface area contributed by atoms with Crippen LogP contribution in [0.25, 0.3) is 0 Å². The van der Waals surface area contributed by atoms with E-state index < -0.39 is 27.7 Å². The lowest BCUT2D eigenvalue weighted by atomic mass is 10.1. The summed E-state index contributed by atoms with van der Waals surface area (Å²) in [6, 6.07) is 2.07. The van der Waals surface area contributed by atoms with Gasteiger partial charge in [-0.3, -0.25) is 0 Å². The molecule has 0 bridgehead atoms. The van der Waals surface area contributed by atoms with E-state index in [4.69, 9.17) is 0 Å². The van der Waals surface area contributed by atoms with Gasteiger partial charge in [-0.1, -0.05) is 4.40 Å². The van der Waals surface area contributed by atoms with Crippen LogP contribution in [0.5, 0.6) is 0 Å². The molecule has 100 valence electrons. The zero-order valence-corrected chi connectivity index (χ0v) is 13.0. The molecule has 0 N–H and O–H groups in total. The van der Waals surface area contributed by atoms with Crippen LogP contribution in [-0.2, 0) is 11.4 Å². The van der Waals surface area contributed by atoms with Crippen LogP contribution in [0.4, 0.5) is 8.78 Å². The second-order valence-electron chi connectivity index (χ2n) is 4.78. The van der Waals surface area contributed by atoms with Gasteiger partial charge in [0, 0.05) is 11.6 Å². The molecule has 0 amide bonds. The van der Waals surface area contributed by atoms with Gasteiger partial charge in [0.15, 0.2) is 0 Å². The fraction of sp³-hybridized carbons (Fsp3) is 0.417. The fourth-order valence-corrected chi connectivity index (χ4v) is 2.07. The Kier molecular flexibility index (Phi) is 4.91. The SMILES string of the molecule is C/C(=N/[S@+]([O-])C(C)(C)C)c1cc(Br)c(F)cc1F. The van der Waals surface area contributed by atoms with Gasteiger partial charge in [-0.15, -0.1) is 0 Å². The predicted octanol–water partition coefficient (Wildman–Crippen LogP) is 4.00. The second-order valence-corrected chi connectivity index (χ2v) is 7.54. The van der Waals surface area contributed by atoms with Crippen molar-refractivity contribution >= 4 is 33.0 Å². The lowest BCUT2D eigenvalue weighted by Crippen LogP contribution is -2.26. The maximum Gasteiger partial charge on any atom is 0.144 e. The summed E-state index contributed by atoms with van der Waals surface area (Å²) in [6.45, 7) is 6.87. The molecule has 0 saturated carbocycles. The molecule has 1 aromatic carbocycles. The largest absolute Gasteiger partial charge is 0.591 e.